The molecule has 0 saturated carbocycles. The third-order valence-corrected chi connectivity index (χ3v) is 5.76. The quantitative estimate of drug-likeness (QED) is 0.472. The van der Waals surface area contributed by atoms with Crippen molar-refractivity contribution in [2.75, 3.05) is 37.7 Å². The van der Waals surface area contributed by atoms with E-state index >= 15 is 0 Å². The molecule has 1 saturated heterocycles. The summed E-state index contributed by atoms with van der Waals surface area (Å²) in [6, 6.07) is 24.1. The van der Waals surface area contributed by atoms with Crippen LogP contribution >= 0.6 is 0 Å². The topological polar surface area (TPSA) is 15.7 Å². The molecular formula is C26H27F3N2O. The Kier molecular flexibility index (Phi) is 7.00. The molecule has 32 heavy (non-hydrogen) atoms. The fraction of sp³-hybridized carbons (Fsp3) is 0.308. The molecule has 1 aliphatic heterocycles. The average Bonchev–Trinajstić information content (AvgIpc) is 2.81. The number of rotatable bonds is 7. The fourth-order valence-corrected chi connectivity index (χ4v) is 3.98. The van der Waals surface area contributed by atoms with E-state index < -0.39 is 11.7 Å². The molecule has 0 bridgehead atoms. The first-order valence-corrected chi connectivity index (χ1v) is 10.9. The summed E-state index contributed by atoms with van der Waals surface area (Å²) in [4.78, 5) is 4.86. The Balaban J connectivity index is 1.24. The van der Waals surface area contributed by atoms with Crippen molar-refractivity contribution < 1.29 is 17.9 Å². The predicted octanol–water partition coefficient (Wildman–Crippen LogP) is 5.65. The van der Waals surface area contributed by atoms with Crippen LogP contribution in [0.25, 0.3) is 0 Å². The first-order valence-electron chi connectivity index (χ1n) is 10.9. The van der Waals surface area contributed by atoms with Gasteiger partial charge in [-0.1, -0.05) is 54.6 Å². The number of anilines is 1. The summed E-state index contributed by atoms with van der Waals surface area (Å²) in [5.41, 5.74) is 2.83. The van der Waals surface area contributed by atoms with Crippen LogP contribution in [-0.4, -0.2) is 37.7 Å². The lowest BCUT2D eigenvalue weighted by Gasteiger charge is -2.36. The zero-order valence-corrected chi connectivity index (χ0v) is 17.9. The lowest BCUT2D eigenvalue weighted by molar-refractivity contribution is -0.138. The van der Waals surface area contributed by atoms with Gasteiger partial charge in [0.05, 0.1) is 12.2 Å². The fourth-order valence-electron chi connectivity index (χ4n) is 3.98. The van der Waals surface area contributed by atoms with Gasteiger partial charge in [-0.25, -0.2) is 0 Å². The molecule has 6 heteroatoms. The summed E-state index contributed by atoms with van der Waals surface area (Å²) in [5.74, 6) is -0.119. The molecule has 1 fully saturated rings. The summed E-state index contributed by atoms with van der Waals surface area (Å²) >= 11 is 0. The largest absolute Gasteiger partial charge is 0.493 e. The molecule has 4 rings (SSSR count). The van der Waals surface area contributed by atoms with Gasteiger partial charge in [0.25, 0.3) is 0 Å². The summed E-state index contributed by atoms with van der Waals surface area (Å²) < 4.78 is 44.6. The predicted molar refractivity (Wildman–Crippen MR) is 121 cm³/mol. The minimum Gasteiger partial charge on any atom is -0.493 e. The molecule has 168 valence electrons. The van der Waals surface area contributed by atoms with Crippen LogP contribution in [0.2, 0.25) is 0 Å². The summed E-state index contributed by atoms with van der Waals surface area (Å²) in [6.45, 7) is 5.16. The van der Waals surface area contributed by atoms with Gasteiger partial charge in [0, 0.05) is 44.8 Å². The molecule has 1 heterocycles. The van der Waals surface area contributed by atoms with Gasteiger partial charge < -0.3 is 9.64 Å². The van der Waals surface area contributed by atoms with Gasteiger partial charge in [-0.3, -0.25) is 4.90 Å². The van der Waals surface area contributed by atoms with E-state index in [1.807, 2.05) is 18.2 Å². The zero-order chi connectivity index (χ0) is 22.4. The number of alkyl halides is 3. The van der Waals surface area contributed by atoms with Crippen molar-refractivity contribution in [2.24, 2.45) is 0 Å². The molecule has 0 aliphatic carbocycles. The van der Waals surface area contributed by atoms with Gasteiger partial charge in [-0.2, -0.15) is 13.2 Å². The molecule has 3 aromatic rings. The molecule has 0 spiro atoms. The van der Waals surface area contributed by atoms with Gasteiger partial charge in [0.2, 0.25) is 0 Å². The first kappa shape index (κ1) is 22.2. The van der Waals surface area contributed by atoms with Crippen LogP contribution in [0.1, 0.15) is 16.7 Å². The number of hydrogen-bond donors (Lipinski definition) is 0. The van der Waals surface area contributed by atoms with Gasteiger partial charge in [-0.15, -0.1) is 0 Å². The minimum absolute atomic E-state index is 0.119. The highest BCUT2D eigenvalue weighted by Gasteiger charge is 2.33. The normalized spacial score (nSPS) is 15.0. The van der Waals surface area contributed by atoms with Crippen molar-refractivity contribution in [2.45, 2.75) is 19.1 Å². The first-order chi connectivity index (χ1) is 15.5. The van der Waals surface area contributed by atoms with E-state index in [0.29, 0.717) is 6.42 Å². The highest BCUT2D eigenvalue weighted by atomic mass is 19.4. The van der Waals surface area contributed by atoms with E-state index in [9.17, 15) is 13.2 Å². The molecule has 0 N–H and O–H groups in total. The summed E-state index contributed by atoms with van der Waals surface area (Å²) in [5, 5.41) is 0. The molecular weight excluding hydrogens is 413 g/mol. The molecule has 0 amide bonds. The molecule has 0 unspecified atom stereocenters. The number of piperazine rings is 1. The second-order valence-corrected chi connectivity index (χ2v) is 8.01. The summed E-state index contributed by atoms with van der Waals surface area (Å²) in [6.07, 6.45) is -3.85. The van der Waals surface area contributed by atoms with Gasteiger partial charge >= 0.3 is 6.18 Å². The van der Waals surface area contributed by atoms with Crippen molar-refractivity contribution in [1.82, 2.24) is 4.90 Å². The van der Waals surface area contributed by atoms with Crippen LogP contribution in [0.15, 0.2) is 78.9 Å². The van der Waals surface area contributed by atoms with Crippen LogP contribution in [-0.2, 0) is 19.1 Å². The maximum atomic E-state index is 13.1. The number of hydrogen-bond acceptors (Lipinski definition) is 3. The number of para-hydroxylation sites is 2. The van der Waals surface area contributed by atoms with Crippen molar-refractivity contribution in [3.8, 4) is 5.75 Å². The highest BCUT2D eigenvalue weighted by molar-refractivity contribution is 5.46. The van der Waals surface area contributed by atoms with Crippen LogP contribution < -0.4 is 9.64 Å². The van der Waals surface area contributed by atoms with Gasteiger partial charge in [0.1, 0.15) is 5.75 Å². The Morgan fingerprint density at radius 2 is 1.34 bits per heavy atom. The van der Waals surface area contributed by atoms with Crippen molar-refractivity contribution in [3.05, 3.63) is 95.6 Å². The number of nitrogens with zero attached hydrogens (tertiary/aromatic N) is 2. The van der Waals surface area contributed by atoms with E-state index in [2.05, 4.69) is 46.2 Å². The molecule has 0 radical (unpaired) electrons. The molecule has 1 aliphatic rings. The Morgan fingerprint density at radius 1 is 0.719 bits per heavy atom. The zero-order valence-electron chi connectivity index (χ0n) is 17.9. The molecule has 3 nitrogen and oxygen atoms in total. The third kappa shape index (κ3) is 5.82. The third-order valence-electron chi connectivity index (χ3n) is 5.76. The van der Waals surface area contributed by atoms with Crippen LogP contribution in [0.4, 0.5) is 18.9 Å². The summed E-state index contributed by atoms with van der Waals surface area (Å²) in [7, 11) is 0. The van der Waals surface area contributed by atoms with Crippen LogP contribution in [0.3, 0.4) is 0 Å². The molecule has 3 aromatic carbocycles. The monoisotopic (exact) mass is 440 g/mol. The lowest BCUT2D eigenvalue weighted by Crippen LogP contribution is -2.45. The van der Waals surface area contributed by atoms with E-state index in [1.54, 1.807) is 6.07 Å². The smallest absolute Gasteiger partial charge is 0.419 e. The SMILES string of the molecule is FC(F)(F)c1ccccc1OCCc1ccc(CN2CCN(c3ccccc3)CC2)cc1. The molecule has 0 aromatic heterocycles. The maximum Gasteiger partial charge on any atom is 0.419 e. The Labute approximate surface area is 187 Å². The van der Waals surface area contributed by atoms with Crippen LogP contribution in [0, 0.1) is 0 Å². The second kappa shape index (κ2) is 10.1. The van der Waals surface area contributed by atoms with Crippen LogP contribution in [0.5, 0.6) is 5.75 Å². The van der Waals surface area contributed by atoms with Crippen molar-refractivity contribution in [1.29, 1.82) is 0 Å². The number of benzene rings is 3. The van der Waals surface area contributed by atoms with E-state index in [-0.39, 0.29) is 12.4 Å². The van der Waals surface area contributed by atoms with Gasteiger partial charge in [0.15, 0.2) is 0 Å². The Morgan fingerprint density at radius 3 is 2.03 bits per heavy atom. The maximum absolute atomic E-state index is 13.1. The number of halogens is 3. The van der Waals surface area contributed by atoms with E-state index in [0.717, 1.165) is 44.4 Å². The van der Waals surface area contributed by atoms with Crippen molar-refractivity contribution in [3.63, 3.8) is 0 Å². The number of ether oxygens (including phenoxy) is 1. The van der Waals surface area contributed by atoms with E-state index in [1.165, 1.54) is 23.4 Å². The highest BCUT2D eigenvalue weighted by Crippen LogP contribution is 2.35. The van der Waals surface area contributed by atoms with Gasteiger partial charge in [-0.05, 0) is 35.4 Å². The Bertz CT molecular complexity index is 982. The second-order valence-electron chi connectivity index (χ2n) is 8.01. The standard InChI is InChI=1S/C26H27F3N2O/c27-26(28,29)24-8-4-5-9-25(24)32-19-14-21-10-12-22(13-11-21)20-30-15-17-31(18-16-30)23-6-2-1-3-7-23/h1-13H,14-20H2. The Hall–Kier alpha value is -2.99. The van der Waals surface area contributed by atoms with E-state index in [4.69, 9.17) is 4.74 Å². The minimum atomic E-state index is -4.41. The average molecular weight is 441 g/mol. The molecule has 0 atom stereocenters. The lowest BCUT2D eigenvalue weighted by atomic mass is 10.1. The van der Waals surface area contributed by atoms with Crippen molar-refractivity contribution >= 4 is 5.69 Å².